The number of likely N-dealkylation sites (tertiary alicyclic amines) is 1. The molecule has 7 atom stereocenters. The third kappa shape index (κ3) is 7.08. The van der Waals surface area contributed by atoms with Crippen LogP contribution in [0.1, 0.15) is 86.5 Å². The maximum Gasteiger partial charge on any atom is 0.481 e. The standard InChI is InChI=1S/C28H48BN7O7/c1-16(2)13-23(29-42-22-15-18-14-21(27(18,4)5)28(22,6)43-29)33-24(38)19(9-7-11-31-26(30)34-36(40)41)32-25(39)20-10-8-12-35(20)17(3)37/h16,18-23H,7-15H2,1-6H3,(H,32,39)(H,33,38)(H3,30,31,34)/t18-,19-,20+,21-,22+,23-,28-/m0/s1. The SMILES string of the molecule is CC(=O)N1CCC[C@@H]1C(=O)N[C@@H](CCCNC(=N)N[N+](=O)[O-])C(=O)N[C@@H](CC(C)C)B1O[C@@H]2C[C@@H]3C[C@@H](C3(C)C)[C@]2(C)O1. The highest BCUT2D eigenvalue weighted by molar-refractivity contribution is 6.48. The summed E-state index contributed by atoms with van der Waals surface area (Å²) in [6, 6.07) is -1.57. The first-order valence-corrected chi connectivity index (χ1v) is 15.6. The summed E-state index contributed by atoms with van der Waals surface area (Å²) in [4.78, 5) is 51.3. The Balaban J connectivity index is 1.45. The largest absolute Gasteiger partial charge is 0.481 e. The lowest BCUT2D eigenvalue weighted by atomic mass is 9.43. The van der Waals surface area contributed by atoms with E-state index in [4.69, 9.17) is 14.7 Å². The van der Waals surface area contributed by atoms with Crippen LogP contribution in [-0.4, -0.2) is 83.6 Å². The molecule has 3 amide bonds. The summed E-state index contributed by atoms with van der Waals surface area (Å²) < 4.78 is 13.2. The van der Waals surface area contributed by atoms with E-state index in [-0.39, 0.29) is 42.2 Å². The molecule has 5 rings (SSSR count). The van der Waals surface area contributed by atoms with E-state index in [1.165, 1.54) is 11.8 Å². The predicted octanol–water partition coefficient (Wildman–Crippen LogP) is 1.37. The van der Waals surface area contributed by atoms with Crippen molar-refractivity contribution in [2.45, 2.75) is 116 Å². The van der Waals surface area contributed by atoms with Gasteiger partial charge in [-0.25, -0.2) is 10.1 Å². The van der Waals surface area contributed by atoms with Crippen LogP contribution in [0.2, 0.25) is 0 Å². The molecule has 0 aromatic heterocycles. The van der Waals surface area contributed by atoms with Gasteiger partial charge in [0.05, 0.1) is 17.6 Å². The number of hydrogen-bond donors (Lipinski definition) is 5. The smallest absolute Gasteiger partial charge is 0.404 e. The summed E-state index contributed by atoms with van der Waals surface area (Å²) >= 11 is 0. The van der Waals surface area contributed by atoms with Crippen LogP contribution in [0.15, 0.2) is 0 Å². The van der Waals surface area contributed by atoms with Gasteiger partial charge in [0.1, 0.15) is 12.1 Å². The minimum atomic E-state index is -0.929. The molecule has 0 radical (unpaired) electrons. The van der Waals surface area contributed by atoms with E-state index in [1.54, 1.807) is 5.43 Å². The Hall–Kier alpha value is -2.94. The van der Waals surface area contributed by atoms with E-state index in [0.29, 0.717) is 44.1 Å². The molecular formula is C28H48BN7O7. The van der Waals surface area contributed by atoms with Crippen LogP contribution in [0.4, 0.5) is 0 Å². The third-order valence-electron chi connectivity index (χ3n) is 10.1. The lowest BCUT2D eigenvalue weighted by molar-refractivity contribution is -0.525. The number of nitrogens with zero attached hydrogens (tertiary/aromatic N) is 2. The van der Waals surface area contributed by atoms with Crippen molar-refractivity contribution in [3.05, 3.63) is 10.1 Å². The van der Waals surface area contributed by atoms with Gasteiger partial charge < -0.3 is 30.2 Å². The van der Waals surface area contributed by atoms with E-state index in [9.17, 15) is 24.5 Å². The number of hydrazine groups is 1. The Morgan fingerprint density at radius 3 is 2.53 bits per heavy atom. The Labute approximate surface area is 253 Å². The Morgan fingerprint density at radius 2 is 1.91 bits per heavy atom. The zero-order valence-corrected chi connectivity index (χ0v) is 26.2. The van der Waals surface area contributed by atoms with Gasteiger partial charge in [-0.05, 0) is 75.0 Å². The number of hydrogen-bond acceptors (Lipinski definition) is 8. The Morgan fingerprint density at radius 1 is 1.19 bits per heavy atom. The van der Waals surface area contributed by atoms with Gasteiger partial charge in [0.25, 0.3) is 5.96 Å². The molecule has 5 fully saturated rings. The van der Waals surface area contributed by atoms with Gasteiger partial charge in [0.15, 0.2) is 5.03 Å². The fourth-order valence-corrected chi connectivity index (χ4v) is 7.70. The highest BCUT2D eigenvalue weighted by Gasteiger charge is 2.68. The molecule has 0 aromatic rings. The van der Waals surface area contributed by atoms with Gasteiger partial charge in [0, 0.05) is 20.0 Å². The van der Waals surface area contributed by atoms with Crippen molar-refractivity contribution < 1.29 is 28.7 Å². The number of nitro groups is 1. The molecule has 5 aliphatic rings. The van der Waals surface area contributed by atoms with Crippen molar-refractivity contribution in [3.63, 3.8) is 0 Å². The van der Waals surface area contributed by atoms with Crippen molar-refractivity contribution in [1.29, 1.82) is 5.41 Å². The van der Waals surface area contributed by atoms with Crippen molar-refractivity contribution in [1.82, 2.24) is 26.3 Å². The van der Waals surface area contributed by atoms with E-state index in [2.05, 4.69) is 50.6 Å². The minimum absolute atomic E-state index is 0.0366. The molecule has 5 N–H and O–H groups in total. The molecule has 3 aliphatic carbocycles. The summed E-state index contributed by atoms with van der Waals surface area (Å²) in [6.07, 6.45) is 4.39. The number of carbonyl (C=O) groups is 3. The summed E-state index contributed by atoms with van der Waals surface area (Å²) in [5, 5.41) is 25.9. The van der Waals surface area contributed by atoms with Crippen LogP contribution >= 0.6 is 0 Å². The molecule has 2 saturated heterocycles. The molecule has 14 nitrogen and oxygen atoms in total. The van der Waals surface area contributed by atoms with Gasteiger partial charge in [-0.1, -0.05) is 33.1 Å². The van der Waals surface area contributed by atoms with Crippen LogP contribution in [0.25, 0.3) is 0 Å². The first kappa shape index (κ1) is 33.0. The first-order chi connectivity index (χ1) is 20.1. The highest BCUT2D eigenvalue weighted by Crippen LogP contribution is 2.65. The van der Waals surface area contributed by atoms with E-state index in [0.717, 1.165) is 12.8 Å². The van der Waals surface area contributed by atoms with Gasteiger partial charge >= 0.3 is 7.12 Å². The number of nitrogens with one attached hydrogen (secondary N) is 5. The van der Waals surface area contributed by atoms with Crippen LogP contribution < -0.4 is 21.4 Å². The zero-order valence-electron chi connectivity index (χ0n) is 26.2. The van der Waals surface area contributed by atoms with E-state index >= 15 is 0 Å². The van der Waals surface area contributed by atoms with E-state index in [1.807, 2.05) is 0 Å². The second-order valence-electron chi connectivity index (χ2n) is 13.8. The number of carbonyl (C=O) groups excluding carboxylic acids is 3. The summed E-state index contributed by atoms with van der Waals surface area (Å²) in [6.45, 7) is 13.0. The molecule has 0 aromatic carbocycles. The van der Waals surface area contributed by atoms with Crippen molar-refractivity contribution in [2.24, 2.45) is 23.2 Å². The lowest BCUT2D eigenvalue weighted by Gasteiger charge is -2.64. The zero-order chi connectivity index (χ0) is 31.7. The average molecular weight is 606 g/mol. The van der Waals surface area contributed by atoms with Crippen molar-refractivity contribution >= 4 is 30.8 Å². The molecule has 240 valence electrons. The van der Waals surface area contributed by atoms with Crippen LogP contribution in [0.3, 0.4) is 0 Å². The van der Waals surface area contributed by atoms with Gasteiger partial charge in [-0.15, -0.1) is 0 Å². The number of amides is 3. The van der Waals surface area contributed by atoms with Crippen molar-refractivity contribution in [2.75, 3.05) is 13.1 Å². The molecule has 2 bridgehead atoms. The van der Waals surface area contributed by atoms with Crippen LogP contribution in [-0.2, 0) is 23.7 Å². The van der Waals surface area contributed by atoms with Gasteiger partial charge in [-0.3, -0.25) is 19.8 Å². The van der Waals surface area contributed by atoms with Gasteiger partial charge in [0.2, 0.25) is 17.7 Å². The van der Waals surface area contributed by atoms with Crippen LogP contribution in [0, 0.1) is 38.7 Å². The highest BCUT2D eigenvalue weighted by atomic mass is 16.7. The Bertz CT molecular complexity index is 1110. The molecule has 2 heterocycles. The first-order valence-electron chi connectivity index (χ1n) is 15.6. The monoisotopic (exact) mass is 605 g/mol. The normalized spacial score (nSPS) is 30.1. The fourth-order valence-electron chi connectivity index (χ4n) is 7.70. The molecule has 2 aliphatic heterocycles. The molecule has 43 heavy (non-hydrogen) atoms. The lowest BCUT2D eigenvalue weighted by Crippen LogP contribution is -2.65. The predicted molar refractivity (Wildman–Crippen MR) is 159 cm³/mol. The van der Waals surface area contributed by atoms with Gasteiger partial charge in [-0.2, -0.15) is 0 Å². The molecular weight excluding hydrogens is 557 g/mol. The third-order valence-corrected chi connectivity index (χ3v) is 10.1. The molecule has 0 unspecified atom stereocenters. The second kappa shape index (κ2) is 13.0. The average Bonchev–Trinajstić information content (AvgIpc) is 3.53. The number of guanidine groups is 1. The minimum Gasteiger partial charge on any atom is -0.404 e. The molecule has 15 heteroatoms. The summed E-state index contributed by atoms with van der Waals surface area (Å²) in [7, 11) is -0.619. The second-order valence-corrected chi connectivity index (χ2v) is 13.8. The topological polar surface area (TPSA) is 188 Å². The molecule has 0 spiro atoms. The molecule has 3 saturated carbocycles. The summed E-state index contributed by atoms with van der Waals surface area (Å²) in [5.74, 6) is -0.674. The number of rotatable bonds is 12. The van der Waals surface area contributed by atoms with Crippen molar-refractivity contribution in [3.8, 4) is 0 Å². The summed E-state index contributed by atoms with van der Waals surface area (Å²) in [5.41, 5.74) is 1.49. The quantitative estimate of drug-likeness (QED) is 0.0547. The maximum atomic E-state index is 13.8. The van der Waals surface area contributed by atoms with Crippen LogP contribution in [0.5, 0.6) is 0 Å². The Kier molecular flexibility index (Phi) is 9.94. The fraction of sp³-hybridized carbons (Fsp3) is 0.857. The van der Waals surface area contributed by atoms with E-state index < -0.39 is 47.6 Å². The maximum absolute atomic E-state index is 13.8.